The van der Waals surface area contributed by atoms with Crippen molar-refractivity contribution in [1.82, 2.24) is 15.1 Å². The third kappa shape index (κ3) is 5.05. The fourth-order valence-corrected chi connectivity index (χ4v) is 3.27. The Bertz CT molecular complexity index is 1020. The van der Waals surface area contributed by atoms with Gasteiger partial charge in [0.05, 0.1) is 11.7 Å². The molecule has 6 nitrogen and oxygen atoms in total. The van der Waals surface area contributed by atoms with Crippen LogP contribution >= 0.6 is 11.6 Å². The van der Waals surface area contributed by atoms with Crippen LogP contribution in [-0.2, 0) is 13.2 Å². The fraction of sp³-hybridized carbons (Fsp3) is 0.391. The summed E-state index contributed by atoms with van der Waals surface area (Å²) in [6.45, 7) is 11.0. The predicted molar refractivity (Wildman–Crippen MR) is 117 cm³/mol. The van der Waals surface area contributed by atoms with Gasteiger partial charge >= 0.3 is 0 Å². The van der Waals surface area contributed by atoms with Crippen molar-refractivity contribution >= 4 is 17.5 Å². The summed E-state index contributed by atoms with van der Waals surface area (Å²) in [6.07, 6.45) is 1.89. The molecule has 1 unspecified atom stereocenters. The largest absolute Gasteiger partial charge is 0.485 e. The van der Waals surface area contributed by atoms with Crippen LogP contribution in [0.5, 0.6) is 5.75 Å². The summed E-state index contributed by atoms with van der Waals surface area (Å²) >= 11 is 6.26. The molecule has 0 aliphatic carbocycles. The number of ether oxygens (including phenoxy) is 1. The van der Waals surface area contributed by atoms with Gasteiger partial charge in [0.1, 0.15) is 18.1 Å². The highest BCUT2D eigenvalue weighted by molar-refractivity contribution is 6.31. The van der Waals surface area contributed by atoms with Gasteiger partial charge in [-0.15, -0.1) is 0 Å². The van der Waals surface area contributed by atoms with Crippen LogP contribution in [0.25, 0.3) is 0 Å². The number of hydrogen-bond donors (Lipinski definition) is 1. The fourth-order valence-electron chi connectivity index (χ4n) is 3.10. The zero-order valence-electron chi connectivity index (χ0n) is 18.0. The van der Waals surface area contributed by atoms with Crippen LogP contribution in [0.4, 0.5) is 0 Å². The van der Waals surface area contributed by atoms with E-state index in [2.05, 4.69) is 24.3 Å². The van der Waals surface area contributed by atoms with Gasteiger partial charge in [0.15, 0.2) is 5.76 Å². The maximum absolute atomic E-state index is 12.5. The predicted octanol–water partition coefficient (Wildman–Crippen LogP) is 5.65. The van der Waals surface area contributed by atoms with Crippen LogP contribution in [-0.4, -0.2) is 15.7 Å². The number of amides is 1. The molecule has 0 aliphatic heterocycles. The van der Waals surface area contributed by atoms with E-state index in [1.807, 2.05) is 49.8 Å². The molecule has 7 heteroatoms. The van der Waals surface area contributed by atoms with Gasteiger partial charge < -0.3 is 14.5 Å². The Kier molecular flexibility index (Phi) is 6.87. The molecule has 1 aromatic carbocycles. The first-order valence-corrected chi connectivity index (χ1v) is 10.5. The molecule has 2 heterocycles. The molecule has 0 saturated heterocycles. The van der Waals surface area contributed by atoms with Crippen molar-refractivity contribution in [1.29, 1.82) is 0 Å². The summed E-state index contributed by atoms with van der Waals surface area (Å²) in [7, 11) is 0. The number of furan rings is 1. The smallest absolute Gasteiger partial charge is 0.287 e. The van der Waals surface area contributed by atoms with Crippen molar-refractivity contribution in [2.45, 2.75) is 59.7 Å². The van der Waals surface area contributed by atoms with Gasteiger partial charge in [-0.2, -0.15) is 5.10 Å². The van der Waals surface area contributed by atoms with Crippen molar-refractivity contribution in [3.8, 4) is 5.75 Å². The number of halogens is 1. The number of carbonyl (C=O) groups is 1. The van der Waals surface area contributed by atoms with Gasteiger partial charge in [0, 0.05) is 17.8 Å². The number of hydrogen-bond acceptors (Lipinski definition) is 4. The topological polar surface area (TPSA) is 69.3 Å². The molecule has 2 aromatic heterocycles. The SMILES string of the molecule is CCn1ccc(C(C)NC(=O)c2ccc(COc3cc(C)c(Cl)cc3C(C)C)o2)n1. The number of benzene rings is 1. The van der Waals surface area contributed by atoms with E-state index in [1.165, 1.54) is 0 Å². The maximum Gasteiger partial charge on any atom is 0.287 e. The third-order valence-electron chi connectivity index (χ3n) is 4.94. The molecule has 0 saturated carbocycles. The molecule has 30 heavy (non-hydrogen) atoms. The van der Waals surface area contributed by atoms with Gasteiger partial charge in [0.2, 0.25) is 0 Å². The molecule has 1 amide bonds. The number of aryl methyl sites for hydroxylation is 2. The Balaban J connectivity index is 1.64. The van der Waals surface area contributed by atoms with Gasteiger partial charge in [-0.25, -0.2) is 0 Å². The van der Waals surface area contributed by atoms with E-state index in [9.17, 15) is 4.79 Å². The lowest BCUT2D eigenvalue weighted by Crippen LogP contribution is -2.26. The molecule has 160 valence electrons. The molecule has 0 fully saturated rings. The molecule has 1 atom stereocenters. The Hall–Kier alpha value is -2.73. The minimum atomic E-state index is -0.287. The minimum absolute atomic E-state index is 0.222. The van der Waals surface area contributed by atoms with Crippen LogP contribution in [0.2, 0.25) is 5.02 Å². The molecule has 0 bridgehead atoms. The summed E-state index contributed by atoms with van der Waals surface area (Å²) < 4.78 is 13.5. The average Bonchev–Trinajstić information content (AvgIpc) is 3.38. The zero-order valence-corrected chi connectivity index (χ0v) is 18.8. The van der Waals surface area contributed by atoms with E-state index in [-0.39, 0.29) is 30.2 Å². The highest BCUT2D eigenvalue weighted by Crippen LogP contribution is 2.32. The number of nitrogens with zero attached hydrogens (tertiary/aromatic N) is 2. The van der Waals surface area contributed by atoms with E-state index in [0.29, 0.717) is 5.76 Å². The van der Waals surface area contributed by atoms with E-state index in [0.717, 1.165) is 34.1 Å². The van der Waals surface area contributed by atoms with Crippen molar-refractivity contribution in [2.75, 3.05) is 0 Å². The van der Waals surface area contributed by atoms with Gasteiger partial charge in [-0.3, -0.25) is 9.48 Å². The first-order valence-electron chi connectivity index (χ1n) is 10.1. The van der Waals surface area contributed by atoms with Gasteiger partial charge in [-0.1, -0.05) is 25.4 Å². The quantitative estimate of drug-likeness (QED) is 0.502. The lowest BCUT2D eigenvalue weighted by molar-refractivity contribution is 0.0907. The summed E-state index contributed by atoms with van der Waals surface area (Å²) in [5.41, 5.74) is 2.80. The second kappa shape index (κ2) is 9.39. The van der Waals surface area contributed by atoms with E-state index >= 15 is 0 Å². The average molecular weight is 430 g/mol. The molecular formula is C23H28ClN3O3. The molecule has 3 rings (SSSR count). The normalized spacial score (nSPS) is 12.2. The highest BCUT2D eigenvalue weighted by atomic mass is 35.5. The number of nitrogens with one attached hydrogen (secondary N) is 1. The van der Waals surface area contributed by atoms with Crippen molar-refractivity contribution in [2.24, 2.45) is 0 Å². The molecule has 0 spiro atoms. The molecule has 0 radical (unpaired) electrons. The Morgan fingerprint density at radius 1 is 1.27 bits per heavy atom. The monoisotopic (exact) mass is 429 g/mol. The van der Waals surface area contributed by atoms with Crippen LogP contribution in [0.3, 0.4) is 0 Å². The van der Waals surface area contributed by atoms with E-state index < -0.39 is 0 Å². The Labute approximate surface area is 182 Å². The molecule has 1 N–H and O–H groups in total. The maximum atomic E-state index is 12.5. The number of rotatable bonds is 8. The molecular weight excluding hydrogens is 402 g/mol. The van der Waals surface area contributed by atoms with E-state index in [4.69, 9.17) is 20.8 Å². The molecule has 0 aliphatic rings. The molecule has 3 aromatic rings. The number of carbonyl (C=O) groups excluding carboxylic acids is 1. The lowest BCUT2D eigenvalue weighted by Gasteiger charge is -2.15. The van der Waals surface area contributed by atoms with Crippen molar-refractivity contribution < 1.29 is 13.9 Å². The van der Waals surface area contributed by atoms with Crippen molar-refractivity contribution in [3.05, 3.63) is 69.9 Å². The highest BCUT2D eigenvalue weighted by Gasteiger charge is 2.17. The van der Waals surface area contributed by atoms with Crippen LogP contribution in [0.15, 0.2) is 40.9 Å². The van der Waals surface area contributed by atoms with Crippen LogP contribution in [0, 0.1) is 6.92 Å². The van der Waals surface area contributed by atoms with Gasteiger partial charge in [0.25, 0.3) is 5.91 Å². The zero-order chi connectivity index (χ0) is 21.8. The van der Waals surface area contributed by atoms with Crippen molar-refractivity contribution in [3.63, 3.8) is 0 Å². The lowest BCUT2D eigenvalue weighted by atomic mass is 10.0. The Morgan fingerprint density at radius 3 is 2.70 bits per heavy atom. The Morgan fingerprint density at radius 2 is 2.03 bits per heavy atom. The van der Waals surface area contributed by atoms with Crippen LogP contribution in [0.1, 0.15) is 72.8 Å². The second-order valence-corrected chi connectivity index (χ2v) is 8.05. The first kappa shape index (κ1) is 22.0. The van der Waals surface area contributed by atoms with Gasteiger partial charge in [-0.05, 0) is 68.1 Å². The third-order valence-corrected chi connectivity index (χ3v) is 5.35. The van der Waals surface area contributed by atoms with Crippen LogP contribution < -0.4 is 10.1 Å². The van der Waals surface area contributed by atoms with E-state index in [1.54, 1.807) is 12.1 Å². The number of aromatic nitrogens is 2. The minimum Gasteiger partial charge on any atom is -0.485 e. The second-order valence-electron chi connectivity index (χ2n) is 7.64. The standard InChI is InChI=1S/C23H28ClN3O3/c1-6-27-10-9-20(26-27)16(5)25-23(28)21-8-7-17(30-21)13-29-22-11-15(4)19(24)12-18(22)14(2)3/h7-12,14,16H,6,13H2,1-5H3,(H,25,28). The summed E-state index contributed by atoms with van der Waals surface area (Å²) in [6, 6.07) is 8.96. The first-order chi connectivity index (χ1) is 14.3. The summed E-state index contributed by atoms with van der Waals surface area (Å²) in [5, 5.41) is 8.05. The summed E-state index contributed by atoms with van der Waals surface area (Å²) in [5.74, 6) is 1.57. The summed E-state index contributed by atoms with van der Waals surface area (Å²) in [4.78, 5) is 12.5.